The quantitative estimate of drug-likeness (QED) is 0.556. The SMILES string of the molecule is CN=C(C)Nc1ccc(OC)cc1. The lowest BCUT2D eigenvalue weighted by atomic mass is 10.3. The van der Waals surface area contributed by atoms with Crippen molar-refractivity contribution in [3.8, 4) is 5.75 Å². The fourth-order valence-corrected chi connectivity index (χ4v) is 0.939. The molecule has 0 bridgehead atoms. The molecule has 0 aliphatic carbocycles. The smallest absolute Gasteiger partial charge is 0.119 e. The third-order valence-electron chi connectivity index (χ3n) is 1.75. The summed E-state index contributed by atoms with van der Waals surface area (Å²) in [6.45, 7) is 1.92. The van der Waals surface area contributed by atoms with E-state index in [4.69, 9.17) is 4.74 Å². The van der Waals surface area contributed by atoms with Crippen LogP contribution in [0.2, 0.25) is 0 Å². The van der Waals surface area contributed by atoms with Gasteiger partial charge in [0, 0.05) is 12.7 Å². The van der Waals surface area contributed by atoms with Crippen molar-refractivity contribution < 1.29 is 4.74 Å². The second-order valence-electron chi connectivity index (χ2n) is 2.66. The van der Waals surface area contributed by atoms with Crippen molar-refractivity contribution in [1.29, 1.82) is 0 Å². The zero-order chi connectivity index (χ0) is 9.68. The zero-order valence-electron chi connectivity index (χ0n) is 8.16. The normalized spacial score (nSPS) is 11.2. The molecule has 0 saturated heterocycles. The van der Waals surface area contributed by atoms with Crippen LogP contribution in [-0.2, 0) is 0 Å². The highest BCUT2D eigenvalue weighted by molar-refractivity contribution is 5.93. The van der Waals surface area contributed by atoms with E-state index in [2.05, 4.69) is 10.3 Å². The summed E-state index contributed by atoms with van der Waals surface area (Å²) in [5.74, 6) is 1.75. The van der Waals surface area contributed by atoms with Crippen LogP contribution in [0, 0.1) is 0 Å². The molecule has 0 spiro atoms. The molecule has 0 radical (unpaired) electrons. The molecule has 0 unspecified atom stereocenters. The first-order chi connectivity index (χ1) is 6.26. The molecule has 3 heteroatoms. The molecule has 70 valence electrons. The lowest BCUT2D eigenvalue weighted by Gasteiger charge is -2.05. The number of anilines is 1. The van der Waals surface area contributed by atoms with Crippen molar-refractivity contribution in [1.82, 2.24) is 0 Å². The molecule has 13 heavy (non-hydrogen) atoms. The number of hydrogen-bond donors (Lipinski definition) is 1. The second-order valence-corrected chi connectivity index (χ2v) is 2.66. The van der Waals surface area contributed by atoms with Gasteiger partial charge in [-0.1, -0.05) is 0 Å². The highest BCUT2D eigenvalue weighted by atomic mass is 16.5. The molecule has 0 atom stereocenters. The van der Waals surface area contributed by atoms with Gasteiger partial charge < -0.3 is 10.1 Å². The first-order valence-electron chi connectivity index (χ1n) is 4.10. The Morgan fingerprint density at radius 3 is 2.38 bits per heavy atom. The zero-order valence-corrected chi connectivity index (χ0v) is 8.16. The van der Waals surface area contributed by atoms with E-state index >= 15 is 0 Å². The van der Waals surface area contributed by atoms with Crippen LogP contribution in [0.5, 0.6) is 5.75 Å². The molecule has 0 heterocycles. The van der Waals surface area contributed by atoms with Crippen LogP contribution in [0.15, 0.2) is 29.3 Å². The van der Waals surface area contributed by atoms with Crippen molar-refractivity contribution >= 4 is 11.5 Å². The van der Waals surface area contributed by atoms with E-state index in [0.717, 1.165) is 17.3 Å². The number of amidine groups is 1. The number of aliphatic imine (C=N–C) groups is 1. The van der Waals surface area contributed by atoms with Crippen LogP contribution in [0.4, 0.5) is 5.69 Å². The molecule has 1 aromatic carbocycles. The monoisotopic (exact) mass is 178 g/mol. The van der Waals surface area contributed by atoms with E-state index in [0.29, 0.717) is 0 Å². The maximum atomic E-state index is 5.04. The molecule has 0 saturated carbocycles. The number of nitrogens with zero attached hydrogens (tertiary/aromatic N) is 1. The number of methoxy groups -OCH3 is 1. The van der Waals surface area contributed by atoms with Crippen molar-refractivity contribution in [2.75, 3.05) is 19.5 Å². The molecular weight excluding hydrogens is 164 g/mol. The largest absolute Gasteiger partial charge is 0.497 e. The number of nitrogens with one attached hydrogen (secondary N) is 1. The average molecular weight is 178 g/mol. The van der Waals surface area contributed by atoms with Gasteiger partial charge in [-0.2, -0.15) is 0 Å². The van der Waals surface area contributed by atoms with Crippen LogP contribution in [0.3, 0.4) is 0 Å². The minimum Gasteiger partial charge on any atom is -0.497 e. The topological polar surface area (TPSA) is 33.6 Å². The minimum atomic E-state index is 0.858. The summed E-state index contributed by atoms with van der Waals surface area (Å²) in [6.07, 6.45) is 0. The van der Waals surface area contributed by atoms with Gasteiger partial charge in [0.2, 0.25) is 0 Å². The summed E-state index contributed by atoms with van der Waals surface area (Å²) < 4.78 is 5.04. The van der Waals surface area contributed by atoms with Gasteiger partial charge in [-0.25, -0.2) is 0 Å². The first-order valence-corrected chi connectivity index (χ1v) is 4.10. The summed E-state index contributed by atoms with van der Waals surface area (Å²) in [6, 6.07) is 7.72. The molecular formula is C10H14N2O. The van der Waals surface area contributed by atoms with Crippen LogP contribution in [0.1, 0.15) is 6.92 Å². The van der Waals surface area contributed by atoms with Crippen molar-refractivity contribution in [3.05, 3.63) is 24.3 Å². The van der Waals surface area contributed by atoms with E-state index in [1.54, 1.807) is 14.2 Å². The van der Waals surface area contributed by atoms with Crippen LogP contribution in [0.25, 0.3) is 0 Å². The summed E-state index contributed by atoms with van der Waals surface area (Å²) in [4.78, 5) is 4.00. The number of benzene rings is 1. The maximum Gasteiger partial charge on any atom is 0.119 e. The van der Waals surface area contributed by atoms with Gasteiger partial charge in [0.25, 0.3) is 0 Å². The van der Waals surface area contributed by atoms with E-state index in [1.807, 2.05) is 31.2 Å². The highest BCUT2D eigenvalue weighted by Gasteiger charge is 1.93. The molecule has 1 N–H and O–H groups in total. The maximum absolute atomic E-state index is 5.04. The molecule has 0 amide bonds. The molecule has 1 aromatic rings. The minimum absolute atomic E-state index is 0.858. The predicted octanol–water partition coefficient (Wildman–Crippen LogP) is 2.16. The third-order valence-corrected chi connectivity index (χ3v) is 1.75. The highest BCUT2D eigenvalue weighted by Crippen LogP contribution is 2.14. The first kappa shape index (κ1) is 9.58. The van der Waals surface area contributed by atoms with Gasteiger partial charge in [0.1, 0.15) is 5.75 Å². The molecule has 3 nitrogen and oxygen atoms in total. The standard InChI is InChI=1S/C10H14N2O/c1-8(11-2)12-9-4-6-10(13-3)7-5-9/h4-7H,1-3H3,(H,11,12). The van der Waals surface area contributed by atoms with Gasteiger partial charge in [0.15, 0.2) is 0 Å². The number of hydrogen-bond acceptors (Lipinski definition) is 2. The van der Waals surface area contributed by atoms with Gasteiger partial charge in [0.05, 0.1) is 12.9 Å². The van der Waals surface area contributed by atoms with Gasteiger partial charge in [-0.05, 0) is 31.2 Å². The average Bonchev–Trinajstić information content (AvgIpc) is 2.19. The Kier molecular flexibility index (Phi) is 3.31. The molecule has 0 aromatic heterocycles. The number of rotatable bonds is 2. The van der Waals surface area contributed by atoms with E-state index in [9.17, 15) is 0 Å². The van der Waals surface area contributed by atoms with E-state index in [1.165, 1.54) is 0 Å². The van der Waals surface area contributed by atoms with Gasteiger partial charge >= 0.3 is 0 Å². The Bertz CT molecular complexity index is 290. The Morgan fingerprint density at radius 2 is 1.92 bits per heavy atom. The summed E-state index contributed by atoms with van der Waals surface area (Å²) >= 11 is 0. The Morgan fingerprint density at radius 1 is 1.31 bits per heavy atom. The fourth-order valence-electron chi connectivity index (χ4n) is 0.939. The van der Waals surface area contributed by atoms with Crippen molar-refractivity contribution in [3.63, 3.8) is 0 Å². The van der Waals surface area contributed by atoms with Crippen molar-refractivity contribution in [2.45, 2.75) is 6.92 Å². The Labute approximate surface area is 78.4 Å². The Hall–Kier alpha value is -1.51. The molecule has 0 aliphatic heterocycles. The molecule has 0 aliphatic rings. The Balaban J connectivity index is 2.69. The van der Waals surface area contributed by atoms with E-state index < -0.39 is 0 Å². The van der Waals surface area contributed by atoms with Crippen molar-refractivity contribution in [2.24, 2.45) is 4.99 Å². The van der Waals surface area contributed by atoms with Gasteiger partial charge in [-0.3, -0.25) is 4.99 Å². The molecule has 1 rings (SSSR count). The van der Waals surface area contributed by atoms with Crippen LogP contribution >= 0.6 is 0 Å². The lowest BCUT2D eigenvalue weighted by Crippen LogP contribution is -2.06. The van der Waals surface area contributed by atoms with Crippen LogP contribution in [-0.4, -0.2) is 20.0 Å². The second kappa shape index (κ2) is 4.50. The lowest BCUT2D eigenvalue weighted by molar-refractivity contribution is 0.415. The molecule has 0 fully saturated rings. The summed E-state index contributed by atoms with van der Waals surface area (Å²) in [5.41, 5.74) is 1.02. The predicted molar refractivity (Wildman–Crippen MR) is 55.6 cm³/mol. The van der Waals surface area contributed by atoms with Crippen LogP contribution < -0.4 is 10.1 Å². The fraction of sp³-hybridized carbons (Fsp3) is 0.300. The van der Waals surface area contributed by atoms with Gasteiger partial charge in [-0.15, -0.1) is 0 Å². The summed E-state index contributed by atoms with van der Waals surface area (Å²) in [7, 11) is 3.41. The summed E-state index contributed by atoms with van der Waals surface area (Å²) in [5, 5.41) is 3.14. The third kappa shape index (κ3) is 2.78. The number of ether oxygens (including phenoxy) is 1. The van der Waals surface area contributed by atoms with E-state index in [-0.39, 0.29) is 0 Å².